The first kappa shape index (κ1) is 35.8. The molecule has 1 aromatic carbocycles. The minimum atomic E-state index is -0.610. The number of esters is 1. The van der Waals surface area contributed by atoms with Crippen molar-refractivity contribution in [3.8, 4) is 17.1 Å². The van der Waals surface area contributed by atoms with Crippen molar-refractivity contribution in [2.45, 2.75) is 86.4 Å². The predicted octanol–water partition coefficient (Wildman–Crippen LogP) is 4.98. The highest BCUT2D eigenvalue weighted by Crippen LogP contribution is 2.36. The number of hydrogen-bond acceptors (Lipinski definition) is 10. The molecule has 13 heteroatoms. The number of nitrogens with zero attached hydrogens (tertiary/aromatic N) is 4. The van der Waals surface area contributed by atoms with Crippen LogP contribution in [0.4, 0.5) is 9.59 Å². The Kier molecular flexibility index (Phi) is 10.9. The molecule has 1 N–H and O–H groups in total. The second kappa shape index (κ2) is 15.0. The number of pyridine rings is 2. The van der Waals surface area contributed by atoms with Crippen LogP contribution < -0.4 is 10.3 Å². The first-order valence-corrected chi connectivity index (χ1v) is 16.8. The Bertz CT molecular complexity index is 1790. The summed E-state index contributed by atoms with van der Waals surface area (Å²) in [5.74, 6) is 0.213. The molecule has 2 aliphatic heterocycles. The summed E-state index contributed by atoms with van der Waals surface area (Å²) in [5, 5.41) is 10.8. The van der Waals surface area contributed by atoms with E-state index < -0.39 is 30.4 Å². The largest absolute Gasteiger partial charge is 0.461 e. The molecule has 2 aliphatic rings. The smallest absolute Gasteiger partial charge is 0.415 e. The number of fused-ring (bicyclic) bond motifs is 4. The molecule has 0 saturated carbocycles. The van der Waals surface area contributed by atoms with Crippen LogP contribution >= 0.6 is 0 Å². The third kappa shape index (κ3) is 8.22. The first-order valence-electron chi connectivity index (χ1n) is 16.8. The van der Waals surface area contributed by atoms with Gasteiger partial charge < -0.3 is 38.4 Å². The number of aliphatic hydroxyl groups is 1. The third-order valence-electron chi connectivity index (χ3n) is 8.30. The highest BCUT2D eigenvalue weighted by atomic mass is 16.6. The molecule has 2 amide bonds. The summed E-state index contributed by atoms with van der Waals surface area (Å²) in [4.78, 5) is 59.5. The molecule has 0 radical (unpaired) electrons. The fourth-order valence-corrected chi connectivity index (χ4v) is 5.85. The van der Waals surface area contributed by atoms with E-state index >= 15 is 0 Å². The lowest BCUT2D eigenvalue weighted by Crippen LogP contribution is -2.52. The van der Waals surface area contributed by atoms with Crippen LogP contribution in [-0.2, 0) is 45.4 Å². The lowest BCUT2D eigenvalue weighted by molar-refractivity contribution is -0.145. The summed E-state index contributed by atoms with van der Waals surface area (Å²) in [6, 6.07) is 7.12. The Balaban J connectivity index is 1.41. The van der Waals surface area contributed by atoms with Crippen molar-refractivity contribution in [3.63, 3.8) is 0 Å². The minimum Gasteiger partial charge on any atom is -0.461 e. The minimum absolute atomic E-state index is 0.167. The molecule has 0 unspecified atom stereocenters. The number of benzene rings is 1. The molecule has 264 valence electrons. The highest BCUT2D eigenvalue weighted by molar-refractivity contribution is 5.89. The number of carbonyl (C=O) groups is 3. The Morgan fingerprint density at radius 2 is 1.67 bits per heavy atom. The maximum atomic E-state index is 13.6. The number of aromatic nitrogens is 2. The van der Waals surface area contributed by atoms with E-state index in [4.69, 9.17) is 23.9 Å². The van der Waals surface area contributed by atoms with Gasteiger partial charge in [-0.3, -0.25) is 9.59 Å². The van der Waals surface area contributed by atoms with Gasteiger partial charge in [0.1, 0.15) is 18.0 Å². The van der Waals surface area contributed by atoms with Crippen molar-refractivity contribution in [2.24, 2.45) is 5.92 Å². The Labute approximate surface area is 285 Å². The normalized spacial score (nSPS) is 14.2. The van der Waals surface area contributed by atoms with Gasteiger partial charge in [0, 0.05) is 55.7 Å². The number of piperazine rings is 1. The van der Waals surface area contributed by atoms with Gasteiger partial charge in [-0.25, -0.2) is 14.6 Å². The summed E-state index contributed by atoms with van der Waals surface area (Å²) >= 11 is 0. The van der Waals surface area contributed by atoms with Gasteiger partial charge in [0.15, 0.2) is 0 Å². The molecule has 1 fully saturated rings. The van der Waals surface area contributed by atoms with Crippen LogP contribution in [0.2, 0.25) is 0 Å². The summed E-state index contributed by atoms with van der Waals surface area (Å²) in [6.45, 7) is 12.9. The third-order valence-corrected chi connectivity index (χ3v) is 8.30. The topological polar surface area (TPSA) is 150 Å². The van der Waals surface area contributed by atoms with Crippen LogP contribution in [0.3, 0.4) is 0 Å². The van der Waals surface area contributed by atoms with Crippen LogP contribution in [0.25, 0.3) is 22.3 Å². The van der Waals surface area contributed by atoms with E-state index in [1.54, 1.807) is 32.6 Å². The van der Waals surface area contributed by atoms with E-state index in [0.717, 1.165) is 10.9 Å². The summed E-state index contributed by atoms with van der Waals surface area (Å²) in [6.07, 6.45) is -0.0800. The molecule has 0 spiro atoms. The number of carbonyl (C=O) groups excluding carboxylic acids is 3. The summed E-state index contributed by atoms with van der Waals surface area (Å²) < 4.78 is 24.4. The molecule has 2 aromatic heterocycles. The molecule has 3 aromatic rings. The van der Waals surface area contributed by atoms with E-state index in [0.29, 0.717) is 73.0 Å². The summed E-state index contributed by atoms with van der Waals surface area (Å²) in [7, 11) is 0. The maximum Gasteiger partial charge on any atom is 0.415 e. The lowest BCUT2D eigenvalue weighted by Gasteiger charge is -2.35. The molecule has 1 saturated heterocycles. The van der Waals surface area contributed by atoms with E-state index in [1.807, 2.05) is 47.6 Å². The second-order valence-electron chi connectivity index (χ2n) is 13.8. The van der Waals surface area contributed by atoms with E-state index in [9.17, 15) is 24.3 Å². The quantitative estimate of drug-likeness (QED) is 0.228. The molecule has 13 nitrogen and oxygen atoms in total. The van der Waals surface area contributed by atoms with Crippen molar-refractivity contribution >= 4 is 29.1 Å². The maximum absolute atomic E-state index is 13.6. The number of amides is 2. The predicted molar refractivity (Wildman–Crippen MR) is 181 cm³/mol. The van der Waals surface area contributed by atoms with E-state index in [-0.39, 0.29) is 43.2 Å². The van der Waals surface area contributed by atoms with Gasteiger partial charge in [0.25, 0.3) is 5.56 Å². The zero-order valence-corrected chi connectivity index (χ0v) is 29.2. The van der Waals surface area contributed by atoms with Crippen molar-refractivity contribution in [1.29, 1.82) is 0 Å². The van der Waals surface area contributed by atoms with E-state index in [1.165, 1.54) is 0 Å². The SMILES string of the molecule is CCCC(=O)OCc1c(CO)cc2n(c1=O)Cc1cc3c(COCC(C)C)c(OC(=O)N4CCN(C(=O)OC(C)(C)C)CC4)ccc3nc1-2. The fourth-order valence-electron chi connectivity index (χ4n) is 5.85. The number of ether oxygens (including phenoxy) is 4. The molecule has 0 bridgehead atoms. The average molecular weight is 679 g/mol. The molecular weight excluding hydrogens is 632 g/mol. The van der Waals surface area contributed by atoms with Crippen LogP contribution in [0.1, 0.15) is 76.6 Å². The average Bonchev–Trinajstić information content (AvgIpc) is 3.40. The van der Waals surface area contributed by atoms with Gasteiger partial charge >= 0.3 is 18.2 Å². The van der Waals surface area contributed by atoms with Crippen LogP contribution in [0.15, 0.2) is 29.1 Å². The van der Waals surface area contributed by atoms with Gasteiger partial charge in [-0.05, 0) is 62.9 Å². The van der Waals surface area contributed by atoms with Crippen LogP contribution in [0.5, 0.6) is 5.75 Å². The van der Waals surface area contributed by atoms with Crippen molar-refractivity contribution in [3.05, 3.63) is 56.9 Å². The van der Waals surface area contributed by atoms with Gasteiger partial charge in [-0.15, -0.1) is 0 Å². The Hall–Kier alpha value is -4.49. The molecule has 0 atom stereocenters. The summed E-state index contributed by atoms with van der Waals surface area (Å²) in [5.41, 5.74) is 2.87. The van der Waals surface area contributed by atoms with Gasteiger partial charge in [0.05, 0.1) is 42.2 Å². The molecule has 0 aliphatic carbocycles. The second-order valence-corrected chi connectivity index (χ2v) is 13.8. The van der Waals surface area contributed by atoms with Crippen molar-refractivity contribution < 1.29 is 38.4 Å². The Morgan fingerprint density at radius 1 is 0.980 bits per heavy atom. The van der Waals surface area contributed by atoms with Gasteiger partial charge in [-0.2, -0.15) is 0 Å². The van der Waals surface area contributed by atoms with Crippen molar-refractivity contribution in [1.82, 2.24) is 19.4 Å². The number of hydrogen-bond donors (Lipinski definition) is 1. The van der Waals surface area contributed by atoms with Gasteiger partial charge in [-0.1, -0.05) is 20.8 Å². The van der Waals surface area contributed by atoms with Crippen molar-refractivity contribution in [2.75, 3.05) is 32.8 Å². The zero-order valence-electron chi connectivity index (χ0n) is 29.2. The highest BCUT2D eigenvalue weighted by Gasteiger charge is 2.30. The molecule has 5 rings (SSSR count). The van der Waals surface area contributed by atoms with Gasteiger partial charge in [0.2, 0.25) is 0 Å². The lowest BCUT2D eigenvalue weighted by atomic mass is 10.0. The monoisotopic (exact) mass is 678 g/mol. The van der Waals surface area contributed by atoms with E-state index in [2.05, 4.69) is 0 Å². The molecule has 49 heavy (non-hydrogen) atoms. The first-order chi connectivity index (χ1) is 23.3. The number of aliphatic hydroxyl groups excluding tert-OH is 1. The van der Waals surface area contributed by atoms with Crippen LogP contribution in [-0.4, -0.2) is 81.0 Å². The molecular formula is C36H46N4O9. The Morgan fingerprint density at radius 3 is 2.31 bits per heavy atom. The standard InChI is InChI=1S/C36H46N4O9/c1-7-8-31(42)47-21-26-24(18-41)16-29-32-23(17-40(29)33(26)43)15-25-27(20-46-19-22(2)3)30(10-9-28(25)37-32)48-34(44)38-11-13-39(14-12-38)35(45)49-36(4,5)6/h9-10,15-16,22,41H,7-8,11-14,17-21H2,1-6H3. The number of rotatable bonds is 10. The zero-order chi connectivity index (χ0) is 35.5. The van der Waals surface area contributed by atoms with Crippen LogP contribution in [0, 0.1) is 5.92 Å². The molecule has 4 heterocycles. The fraction of sp³-hybridized carbons (Fsp3) is 0.528.